The van der Waals surface area contributed by atoms with Crippen molar-refractivity contribution in [1.82, 2.24) is 10.2 Å². The van der Waals surface area contributed by atoms with Crippen LogP contribution in [0.5, 0.6) is 0 Å². The van der Waals surface area contributed by atoms with Crippen LogP contribution in [-0.2, 0) is 14.6 Å². The van der Waals surface area contributed by atoms with E-state index in [9.17, 15) is 18.0 Å². The highest BCUT2D eigenvalue weighted by atomic mass is 32.2. The number of piperazine rings is 1. The van der Waals surface area contributed by atoms with E-state index in [0.717, 1.165) is 11.9 Å². The summed E-state index contributed by atoms with van der Waals surface area (Å²) in [4.78, 5) is 30.2. The number of amides is 2. The van der Waals surface area contributed by atoms with Gasteiger partial charge in [-0.1, -0.05) is 44.5 Å². The molecular formula is C28H37N3O4S. The molecule has 0 spiro atoms. The fraction of sp³-hybridized carbons (Fsp3) is 0.500. The average Bonchev–Trinajstić information content (AvgIpc) is 3.20. The summed E-state index contributed by atoms with van der Waals surface area (Å²) in [7, 11) is -3.69. The van der Waals surface area contributed by atoms with E-state index < -0.39 is 15.8 Å². The van der Waals surface area contributed by atoms with E-state index in [2.05, 4.69) is 63.0 Å². The molecule has 0 bridgehead atoms. The van der Waals surface area contributed by atoms with Gasteiger partial charge < -0.3 is 15.1 Å². The van der Waals surface area contributed by atoms with Gasteiger partial charge in [0.1, 0.15) is 0 Å². The summed E-state index contributed by atoms with van der Waals surface area (Å²) in [5.41, 5.74) is 4.25. The zero-order valence-corrected chi connectivity index (χ0v) is 22.9. The minimum Gasteiger partial charge on any atom is -0.368 e. The van der Waals surface area contributed by atoms with Gasteiger partial charge in [-0.05, 0) is 54.5 Å². The number of nitrogens with zero attached hydrogens (tertiary/aromatic N) is 2. The Kier molecular flexibility index (Phi) is 6.94. The first-order chi connectivity index (χ1) is 16.8. The summed E-state index contributed by atoms with van der Waals surface area (Å²) >= 11 is 0. The number of sulfone groups is 1. The van der Waals surface area contributed by atoms with Crippen molar-refractivity contribution in [1.29, 1.82) is 0 Å². The number of benzene rings is 2. The van der Waals surface area contributed by atoms with E-state index in [1.54, 1.807) is 23.1 Å². The summed E-state index contributed by atoms with van der Waals surface area (Å²) in [6, 6.07) is 11.3. The van der Waals surface area contributed by atoms with Crippen LogP contribution in [0, 0.1) is 25.2 Å². The first-order valence-electron chi connectivity index (χ1n) is 12.5. The highest BCUT2D eigenvalue weighted by Gasteiger charge is 2.43. The third kappa shape index (κ3) is 5.14. The van der Waals surface area contributed by atoms with Gasteiger partial charge in [0.15, 0.2) is 9.84 Å². The molecule has 2 aromatic rings. The number of rotatable bonds is 4. The zero-order chi connectivity index (χ0) is 26.4. The predicted molar refractivity (Wildman–Crippen MR) is 142 cm³/mol. The molecule has 2 unspecified atom stereocenters. The van der Waals surface area contributed by atoms with Gasteiger partial charge in [0, 0.05) is 44.7 Å². The van der Waals surface area contributed by atoms with Gasteiger partial charge in [-0.3, -0.25) is 9.59 Å². The maximum absolute atomic E-state index is 13.5. The Bertz CT molecular complexity index is 1290. The molecule has 0 saturated carbocycles. The van der Waals surface area contributed by atoms with E-state index in [1.165, 1.54) is 11.1 Å². The molecule has 0 aliphatic carbocycles. The lowest BCUT2D eigenvalue weighted by atomic mass is 9.72. The topological polar surface area (TPSA) is 86.8 Å². The molecular weight excluding hydrogens is 474 g/mol. The minimum absolute atomic E-state index is 0.00540. The van der Waals surface area contributed by atoms with Crippen LogP contribution in [0.4, 0.5) is 5.69 Å². The molecule has 0 radical (unpaired) electrons. The summed E-state index contributed by atoms with van der Waals surface area (Å²) in [6.07, 6.45) is 1.12. The molecule has 1 N–H and O–H groups in total. The molecule has 2 heterocycles. The fourth-order valence-corrected chi connectivity index (χ4v) is 6.41. The Labute approximate surface area is 214 Å². The quantitative estimate of drug-likeness (QED) is 0.679. The van der Waals surface area contributed by atoms with Gasteiger partial charge in [0.25, 0.3) is 5.91 Å². The number of anilines is 1. The van der Waals surface area contributed by atoms with Gasteiger partial charge in [-0.2, -0.15) is 0 Å². The smallest absolute Gasteiger partial charge is 0.255 e. The summed E-state index contributed by atoms with van der Waals surface area (Å²) < 4.78 is 25.6. The number of aryl methyl sites for hydroxylation is 2. The van der Waals surface area contributed by atoms with Crippen molar-refractivity contribution in [3.8, 4) is 0 Å². The van der Waals surface area contributed by atoms with Crippen LogP contribution in [0.1, 0.15) is 53.7 Å². The molecule has 36 heavy (non-hydrogen) atoms. The van der Waals surface area contributed by atoms with Crippen LogP contribution in [0.3, 0.4) is 0 Å². The maximum Gasteiger partial charge on any atom is 0.255 e. The monoisotopic (exact) mass is 511 g/mol. The lowest BCUT2D eigenvalue weighted by Crippen LogP contribution is -2.49. The van der Waals surface area contributed by atoms with Crippen molar-refractivity contribution in [3.05, 3.63) is 58.7 Å². The van der Waals surface area contributed by atoms with Crippen molar-refractivity contribution in [2.75, 3.05) is 43.9 Å². The number of hydrogen-bond acceptors (Lipinski definition) is 5. The van der Waals surface area contributed by atoms with Gasteiger partial charge in [-0.25, -0.2) is 8.42 Å². The van der Waals surface area contributed by atoms with E-state index in [4.69, 9.17) is 0 Å². The molecule has 2 fully saturated rings. The van der Waals surface area contributed by atoms with Gasteiger partial charge >= 0.3 is 0 Å². The van der Waals surface area contributed by atoms with E-state index in [-0.39, 0.29) is 33.6 Å². The van der Waals surface area contributed by atoms with Crippen LogP contribution in [0.15, 0.2) is 41.3 Å². The Morgan fingerprint density at radius 1 is 1.00 bits per heavy atom. The lowest BCUT2D eigenvalue weighted by Gasteiger charge is -2.37. The third-order valence-electron chi connectivity index (χ3n) is 7.55. The number of carbonyl (C=O) groups is 2. The third-order valence-corrected chi connectivity index (χ3v) is 8.68. The van der Waals surface area contributed by atoms with Crippen LogP contribution in [0.25, 0.3) is 0 Å². The molecule has 2 aliphatic heterocycles. The number of hydrogen-bond donors (Lipinski definition) is 1. The van der Waals surface area contributed by atoms with Crippen LogP contribution in [0.2, 0.25) is 0 Å². The Morgan fingerprint density at radius 3 is 2.25 bits per heavy atom. The number of carbonyl (C=O) groups excluding carboxylic acids is 2. The Morgan fingerprint density at radius 2 is 1.67 bits per heavy atom. The Balaban J connectivity index is 1.59. The molecule has 2 aromatic carbocycles. The minimum atomic E-state index is -3.69. The van der Waals surface area contributed by atoms with Gasteiger partial charge in [0.05, 0.1) is 16.4 Å². The second-order valence-corrected chi connectivity index (χ2v) is 13.3. The van der Waals surface area contributed by atoms with Crippen molar-refractivity contribution in [2.45, 2.75) is 45.4 Å². The molecule has 2 amide bonds. The van der Waals surface area contributed by atoms with Crippen molar-refractivity contribution < 1.29 is 18.0 Å². The molecule has 7 nitrogen and oxygen atoms in total. The molecule has 4 rings (SSSR count). The summed E-state index contributed by atoms with van der Waals surface area (Å²) in [5.74, 6) is -0.810. The van der Waals surface area contributed by atoms with Gasteiger partial charge in [-0.15, -0.1) is 0 Å². The van der Waals surface area contributed by atoms with Crippen LogP contribution in [-0.4, -0.2) is 64.1 Å². The average molecular weight is 512 g/mol. The molecule has 2 saturated heterocycles. The largest absolute Gasteiger partial charge is 0.368 e. The summed E-state index contributed by atoms with van der Waals surface area (Å²) in [5, 5.41) is 2.93. The number of nitrogens with one attached hydrogen (secondary N) is 1. The maximum atomic E-state index is 13.5. The van der Waals surface area contributed by atoms with Crippen LogP contribution >= 0.6 is 0 Å². The van der Waals surface area contributed by atoms with E-state index in [1.807, 2.05) is 0 Å². The van der Waals surface area contributed by atoms with Crippen molar-refractivity contribution in [2.24, 2.45) is 11.3 Å². The predicted octanol–water partition coefficient (Wildman–Crippen LogP) is 3.55. The van der Waals surface area contributed by atoms with Gasteiger partial charge in [0.2, 0.25) is 5.91 Å². The zero-order valence-electron chi connectivity index (χ0n) is 22.1. The molecule has 2 aliphatic rings. The second kappa shape index (κ2) is 9.54. The second-order valence-electron chi connectivity index (χ2n) is 11.3. The standard InChI is InChI=1S/C28H37N3O4S/c1-18-7-10-23(19(2)15-18)30-11-13-31(14-12-30)27(33)21-9-8-20(16-24(21)36(6,34)35)25-22(28(3,4)5)17-29-26(25)32/h7-10,15-16,22,25H,11-14,17H2,1-6H3,(H,29,32). The molecule has 0 aromatic heterocycles. The molecule has 2 atom stereocenters. The SMILES string of the molecule is Cc1ccc(N2CCN(C(=O)c3ccc(C4C(=O)NCC4C(C)(C)C)cc3S(C)(=O)=O)CC2)c(C)c1. The fourth-order valence-electron chi connectivity index (χ4n) is 5.51. The Hall–Kier alpha value is -2.87. The first kappa shape index (κ1) is 26.2. The lowest BCUT2D eigenvalue weighted by molar-refractivity contribution is -0.121. The normalized spacial score (nSPS) is 21.0. The molecule has 8 heteroatoms. The summed E-state index contributed by atoms with van der Waals surface area (Å²) in [6.45, 7) is 13.3. The van der Waals surface area contributed by atoms with Crippen molar-refractivity contribution >= 4 is 27.3 Å². The first-order valence-corrected chi connectivity index (χ1v) is 14.4. The van der Waals surface area contributed by atoms with E-state index in [0.29, 0.717) is 38.3 Å². The van der Waals surface area contributed by atoms with E-state index >= 15 is 0 Å². The highest BCUT2D eigenvalue weighted by molar-refractivity contribution is 7.90. The van der Waals surface area contributed by atoms with Crippen LogP contribution < -0.4 is 10.2 Å². The van der Waals surface area contributed by atoms with Crippen molar-refractivity contribution in [3.63, 3.8) is 0 Å². The molecule has 194 valence electrons. The highest BCUT2D eigenvalue weighted by Crippen LogP contribution is 2.41.